The highest BCUT2D eigenvalue weighted by Gasteiger charge is 2.34. The van der Waals surface area contributed by atoms with Crippen LogP contribution in [0.4, 0.5) is 28.9 Å². The van der Waals surface area contributed by atoms with Crippen molar-refractivity contribution in [2.24, 2.45) is 0 Å². The van der Waals surface area contributed by atoms with Crippen molar-refractivity contribution in [3.63, 3.8) is 0 Å². The molecule has 3 aromatic rings. The number of benzene rings is 3. The van der Waals surface area contributed by atoms with E-state index in [0.717, 1.165) is 23.8 Å². The van der Waals surface area contributed by atoms with Crippen molar-refractivity contribution in [2.45, 2.75) is 12.6 Å². The SMILES string of the molecule is N#CCc1ccc(OCC(=O)Nc2ccc(NC(=O)c3ccc(F)cc3)cc2C(F)(F)F)cc1. The number of halogens is 4. The number of carbonyl (C=O) groups is 2. The average Bonchev–Trinajstić information content (AvgIpc) is 2.79. The number of amides is 2. The molecule has 0 saturated heterocycles. The van der Waals surface area contributed by atoms with Gasteiger partial charge in [-0.05, 0) is 60.2 Å². The van der Waals surface area contributed by atoms with Gasteiger partial charge >= 0.3 is 6.18 Å². The lowest BCUT2D eigenvalue weighted by atomic mass is 10.1. The number of hydrogen-bond donors (Lipinski definition) is 2. The number of ether oxygens (including phenoxy) is 1. The minimum Gasteiger partial charge on any atom is -0.484 e. The van der Waals surface area contributed by atoms with E-state index in [2.05, 4.69) is 10.6 Å². The summed E-state index contributed by atoms with van der Waals surface area (Å²) < 4.78 is 59.0. The first-order chi connectivity index (χ1) is 16.2. The quantitative estimate of drug-likeness (QED) is 0.465. The van der Waals surface area contributed by atoms with E-state index in [1.165, 1.54) is 18.2 Å². The molecule has 0 spiro atoms. The van der Waals surface area contributed by atoms with Crippen molar-refractivity contribution in [1.82, 2.24) is 0 Å². The van der Waals surface area contributed by atoms with E-state index in [4.69, 9.17) is 10.00 Å². The molecule has 0 aliphatic carbocycles. The summed E-state index contributed by atoms with van der Waals surface area (Å²) in [6.45, 7) is -0.544. The van der Waals surface area contributed by atoms with Crippen LogP contribution in [0.1, 0.15) is 21.5 Å². The lowest BCUT2D eigenvalue weighted by molar-refractivity contribution is -0.137. The molecule has 34 heavy (non-hydrogen) atoms. The van der Waals surface area contributed by atoms with Gasteiger partial charge in [0.2, 0.25) is 0 Å². The predicted molar refractivity (Wildman–Crippen MR) is 116 cm³/mol. The normalized spacial score (nSPS) is 10.8. The standard InChI is InChI=1S/C24H17F4N3O3/c25-17-5-3-16(4-6-17)23(33)30-18-7-10-21(20(13-18)24(26,27)28)31-22(32)14-34-19-8-1-15(2-9-19)11-12-29/h1-10,13H,11,14H2,(H,30,33)(H,31,32). The second-order valence-corrected chi connectivity index (χ2v) is 7.03. The topological polar surface area (TPSA) is 91.2 Å². The molecule has 0 fully saturated rings. The largest absolute Gasteiger partial charge is 0.484 e. The molecule has 0 saturated carbocycles. The van der Waals surface area contributed by atoms with Crippen molar-refractivity contribution < 1.29 is 31.9 Å². The third-order valence-corrected chi connectivity index (χ3v) is 4.54. The van der Waals surface area contributed by atoms with Gasteiger partial charge in [0.05, 0.1) is 23.7 Å². The molecule has 0 radical (unpaired) electrons. The van der Waals surface area contributed by atoms with Crippen molar-refractivity contribution in [3.8, 4) is 11.8 Å². The molecule has 0 aliphatic heterocycles. The highest BCUT2D eigenvalue weighted by molar-refractivity contribution is 6.04. The Morgan fingerprint density at radius 3 is 2.24 bits per heavy atom. The predicted octanol–water partition coefficient (Wildman–Crippen LogP) is 5.18. The number of rotatable bonds is 7. The Hall–Kier alpha value is -4.39. The van der Waals surface area contributed by atoms with Crippen LogP contribution in [0.25, 0.3) is 0 Å². The summed E-state index contributed by atoms with van der Waals surface area (Å²) in [5.74, 6) is -1.79. The van der Waals surface area contributed by atoms with Gasteiger partial charge in [-0.3, -0.25) is 9.59 Å². The fraction of sp³-hybridized carbons (Fsp3) is 0.125. The van der Waals surface area contributed by atoms with Crippen LogP contribution >= 0.6 is 0 Å². The maximum Gasteiger partial charge on any atom is 0.418 e. The van der Waals surface area contributed by atoms with Gasteiger partial charge in [0.25, 0.3) is 11.8 Å². The van der Waals surface area contributed by atoms with Gasteiger partial charge in [-0.15, -0.1) is 0 Å². The highest BCUT2D eigenvalue weighted by Crippen LogP contribution is 2.36. The summed E-state index contributed by atoms with van der Waals surface area (Å²) in [5.41, 5.74) is -1.02. The molecular weight excluding hydrogens is 454 g/mol. The minimum absolute atomic E-state index is 0.0603. The molecular formula is C24H17F4N3O3. The Kier molecular flexibility index (Phi) is 7.48. The Bertz CT molecular complexity index is 1220. The van der Waals surface area contributed by atoms with E-state index in [9.17, 15) is 27.2 Å². The van der Waals surface area contributed by atoms with Crippen molar-refractivity contribution in [1.29, 1.82) is 5.26 Å². The van der Waals surface area contributed by atoms with Gasteiger partial charge in [-0.25, -0.2) is 4.39 Å². The summed E-state index contributed by atoms with van der Waals surface area (Å²) in [6.07, 6.45) is -4.61. The molecule has 6 nitrogen and oxygen atoms in total. The van der Waals surface area contributed by atoms with Crippen LogP contribution in [0.5, 0.6) is 5.75 Å². The van der Waals surface area contributed by atoms with Crippen LogP contribution in [0.2, 0.25) is 0 Å². The number of nitriles is 1. The average molecular weight is 471 g/mol. The molecule has 0 bridgehead atoms. The Balaban J connectivity index is 1.68. The molecule has 0 aliphatic rings. The smallest absolute Gasteiger partial charge is 0.418 e. The third-order valence-electron chi connectivity index (χ3n) is 4.54. The number of alkyl halides is 3. The fourth-order valence-electron chi connectivity index (χ4n) is 2.90. The van der Waals surface area contributed by atoms with Crippen LogP contribution < -0.4 is 15.4 Å². The molecule has 3 rings (SSSR count). The van der Waals surface area contributed by atoms with Gasteiger partial charge in [0, 0.05) is 11.3 Å². The van der Waals surface area contributed by atoms with Crippen molar-refractivity contribution >= 4 is 23.2 Å². The molecule has 174 valence electrons. The van der Waals surface area contributed by atoms with E-state index in [-0.39, 0.29) is 17.7 Å². The van der Waals surface area contributed by atoms with Gasteiger partial charge in [0.1, 0.15) is 11.6 Å². The van der Waals surface area contributed by atoms with Crippen LogP contribution in [0.15, 0.2) is 66.7 Å². The summed E-state index contributed by atoms with van der Waals surface area (Å²) >= 11 is 0. The number of nitrogens with zero attached hydrogens (tertiary/aromatic N) is 1. The highest BCUT2D eigenvalue weighted by atomic mass is 19.4. The van der Waals surface area contributed by atoms with Gasteiger partial charge in [-0.1, -0.05) is 12.1 Å². The Morgan fingerprint density at radius 2 is 1.62 bits per heavy atom. The molecule has 0 aromatic heterocycles. The molecule has 3 aromatic carbocycles. The summed E-state index contributed by atoms with van der Waals surface area (Å²) in [6, 6.07) is 15.7. The summed E-state index contributed by atoms with van der Waals surface area (Å²) in [7, 11) is 0. The lowest BCUT2D eigenvalue weighted by Gasteiger charge is -2.16. The Labute approximate surface area is 191 Å². The van der Waals surface area contributed by atoms with Crippen LogP contribution in [-0.2, 0) is 17.4 Å². The number of nitrogens with one attached hydrogen (secondary N) is 2. The number of anilines is 2. The summed E-state index contributed by atoms with van der Waals surface area (Å²) in [5, 5.41) is 13.1. The van der Waals surface area contributed by atoms with Crippen molar-refractivity contribution in [2.75, 3.05) is 17.2 Å². The second-order valence-electron chi connectivity index (χ2n) is 7.03. The maximum atomic E-state index is 13.6. The zero-order valence-corrected chi connectivity index (χ0v) is 17.4. The van der Waals surface area contributed by atoms with Gasteiger partial charge in [0.15, 0.2) is 6.61 Å². The minimum atomic E-state index is -4.82. The first-order valence-corrected chi connectivity index (χ1v) is 9.82. The van der Waals surface area contributed by atoms with E-state index in [0.29, 0.717) is 11.8 Å². The number of carbonyl (C=O) groups excluding carboxylic acids is 2. The van der Waals surface area contributed by atoms with Crippen LogP contribution in [-0.4, -0.2) is 18.4 Å². The van der Waals surface area contributed by atoms with Crippen molar-refractivity contribution in [3.05, 3.63) is 89.2 Å². The first kappa shape index (κ1) is 24.3. The fourth-order valence-corrected chi connectivity index (χ4v) is 2.90. The number of hydrogen-bond acceptors (Lipinski definition) is 4. The first-order valence-electron chi connectivity index (χ1n) is 9.82. The van der Waals surface area contributed by atoms with Gasteiger partial charge in [-0.2, -0.15) is 18.4 Å². The molecule has 0 atom stereocenters. The lowest BCUT2D eigenvalue weighted by Crippen LogP contribution is -2.22. The third kappa shape index (κ3) is 6.56. The van der Waals surface area contributed by atoms with E-state index < -0.39 is 41.7 Å². The van der Waals surface area contributed by atoms with Gasteiger partial charge < -0.3 is 15.4 Å². The second kappa shape index (κ2) is 10.5. The monoisotopic (exact) mass is 471 g/mol. The molecule has 2 amide bonds. The van der Waals surface area contributed by atoms with Crippen LogP contribution in [0.3, 0.4) is 0 Å². The van der Waals surface area contributed by atoms with Crippen LogP contribution in [0, 0.1) is 17.1 Å². The molecule has 2 N–H and O–H groups in total. The zero-order valence-electron chi connectivity index (χ0n) is 17.4. The molecule has 0 unspecified atom stereocenters. The Morgan fingerprint density at radius 1 is 0.941 bits per heavy atom. The molecule has 10 heteroatoms. The zero-order chi connectivity index (χ0) is 24.7. The van der Waals surface area contributed by atoms with E-state index in [1.54, 1.807) is 24.3 Å². The molecule has 0 heterocycles. The summed E-state index contributed by atoms with van der Waals surface area (Å²) in [4.78, 5) is 24.4. The maximum absolute atomic E-state index is 13.6. The van der Waals surface area contributed by atoms with E-state index >= 15 is 0 Å². The van der Waals surface area contributed by atoms with E-state index in [1.807, 2.05) is 6.07 Å².